The van der Waals surface area contributed by atoms with Crippen molar-refractivity contribution in [3.8, 4) is 0 Å². The highest BCUT2D eigenvalue weighted by Crippen LogP contribution is 2.27. The minimum atomic E-state index is -1.50. The molecule has 8 nitrogen and oxygen atoms in total. The molecule has 0 bridgehead atoms. The van der Waals surface area contributed by atoms with E-state index in [1.54, 1.807) is 6.33 Å². The molecule has 0 spiro atoms. The van der Waals surface area contributed by atoms with Gasteiger partial charge in [0.15, 0.2) is 0 Å². The Bertz CT molecular complexity index is 441. The Hall–Kier alpha value is -2.12. The van der Waals surface area contributed by atoms with Crippen LogP contribution in [0.25, 0.3) is 0 Å². The highest BCUT2D eigenvalue weighted by molar-refractivity contribution is 5.74. The number of carbonyl (C=O) groups is 1. The standard InChI is InChI=1S/C11H16N2O2.HNO3/c1-3-10-8(6-15-11(10)14)4-9-5-12-7-13(9)2;2-1(3)4/h5,7-8,10H,3-4,6H2,1-2H3;(H,2,3,4)/t8?,10-;/m0./s1. The fraction of sp³-hybridized carbons (Fsp3) is 0.636. The predicted octanol–water partition coefficient (Wildman–Crippen LogP) is 0.814. The van der Waals surface area contributed by atoms with E-state index < -0.39 is 5.09 Å². The summed E-state index contributed by atoms with van der Waals surface area (Å²) in [6.07, 6.45) is 5.38. The number of hydrogen-bond donors (Lipinski definition) is 1. The van der Waals surface area contributed by atoms with E-state index in [2.05, 4.69) is 4.98 Å². The van der Waals surface area contributed by atoms with E-state index in [1.807, 2.05) is 24.7 Å². The van der Waals surface area contributed by atoms with Gasteiger partial charge in [-0.05, 0) is 12.8 Å². The summed E-state index contributed by atoms with van der Waals surface area (Å²) in [6.45, 7) is 2.59. The molecule has 8 heteroatoms. The third-order valence-electron chi connectivity index (χ3n) is 3.14. The van der Waals surface area contributed by atoms with Crippen LogP contribution in [0.4, 0.5) is 0 Å². The summed E-state index contributed by atoms with van der Waals surface area (Å²) in [5.41, 5.74) is 1.16. The van der Waals surface area contributed by atoms with E-state index in [-0.39, 0.29) is 11.9 Å². The normalized spacial score (nSPS) is 21.5. The molecule has 1 fully saturated rings. The Labute approximate surface area is 110 Å². The van der Waals surface area contributed by atoms with Crippen molar-refractivity contribution in [3.63, 3.8) is 0 Å². The monoisotopic (exact) mass is 271 g/mol. The third kappa shape index (κ3) is 4.23. The summed E-state index contributed by atoms with van der Waals surface area (Å²) < 4.78 is 7.08. The maximum absolute atomic E-state index is 11.4. The number of imidazole rings is 1. The Balaban J connectivity index is 0.000000399. The minimum absolute atomic E-state index is 0.0373. The van der Waals surface area contributed by atoms with Crippen molar-refractivity contribution in [2.24, 2.45) is 18.9 Å². The smallest absolute Gasteiger partial charge is 0.309 e. The van der Waals surface area contributed by atoms with Gasteiger partial charge < -0.3 is 14.5 Å². The van der Waals surface area contributed by atoms with E-state index >= 15 is 0 Å². The molecule has 0 amide bonds. The molecule has 1 saturated heterocycles. The highest BCUT2D eigenvalue weighted by Gasteiger charge is 2.35. The van der Waals surface area contributed by atoms with Gasteiger partial charge in [-0.15, -0.1) is 10.1 Å². The summed E-state index contributed by atoms with van der Waals surface area (Å²) in [5.74, 6) is 0.350. The van der Waals surface area contributed by atoms with Gasteiger partial charge in [0.05, 0.1) is 18.9 Å². The van der Waals surface area contributed by atoms with Gasteiger partial charge in [0, 0.05) is 24.9 Å². The zero-order valence-corrected chi connectivity index (χ0v) is 10.9. The van der Waals surface area contributed by atoms with Crippen LogP contribution in [0.1, 0.15) is 19.0 Å². The molecule has 1 unspecified atom stereocenters. The van der Waals surface area contributed by atoms with Gasteiger partial charge in [0.25, 0.3) is 5.09 Å². The van der Waals surface area contributed by atoms with Crippen molar-refractivity contribution < 1.29 is 19.8 Å². The van der Waals surface area contributed by atoms with Crippen LogP contribution in [-0.2, 0) is 23.0 Å². The number of nitrogens with zero attached hydrogens (tertiary/aromatic N) is 3. The molecule has 2 heterocycles. The van der Waals surface area contributed by atoms with Crippen molar-refractivity contribution in [2.45, 2.75) is 19.8 Å². The fourth-order valence-corrected chi connectivity index (χ4v) is 2.16. The van der Waals surface area contributed by atoms with Crippen LogP contribution in [0.15, 0.2) is 12.5 Å². The minimum Gasteiger partial charge on any atom is -0.465 e. The Morgan fingerprint density at radius 2 is 2.32 bits per heavy atom. The molecule has 2 atom stereocenters. The van der Waals surface area contributed by atoms with Crippen LogP contribution in [0.3, 0.4) is 0 Å². The topological polar surface area (TPSA) is 107 Å². The van der Waals surface area contributed by atoms with E-state index in [0.29, 0.717) is 12.5 Å². The van der Waals surface area contributed by atoms with Gasteiger partial charge in [-0.1, -0.05) is 6.92 Å². The van der Waals surface area contributed by atoms with E-state index in [9.17, 15) is 4.79 Å². The number of rotatable bonds is 3. The molecular weight excluding hydrogens is 254 g/mol. The molecule has 0 aromatic carbocycles. The first-order chi connectivity index (χ1) is 8.95. The molecule has 1 aliphatic heterocycles. The number of carbonyl (C=O) groups excluding carboxylic acids is 1. The second-order valence-electron chi connectivity index (χ2n) is 4.34. The third-order valence-corrected chi connectivity index (χ3v) is 3.14. The number of ether oxygens (including phenoxy) is 1. The maximum atomic E-state index is 11.4. The fourth-order valence-electron chi connectivity index (χ4n) is 2.16. The van der Waals surface area contributed by atoms with Crippen LogP contribution >= 0.6 is 0 Å². The van der Waals surface area contributed by atoms with E-state index in [1.165, 1.54) is 0 Å². The second-order valence-corrected chi connectivity index (χ2v) is 4.34. The molecule has 1 aromatic heterocycles. The molecule has 1 N–H and O–H groups in total. The van der Waals surface area contributed by atoms with Crippen LogP contribution in [0.2, 0.25) is 0 Å². The molecule has 0 aliphatic carbocycles. The predicted molar refractivity (Wildman–Crippen MR) is 63.9 cm³/mol. The Kier molecular flexibility index (Phi) is 5.28. The first kappa shape index (κ1) is 14.9. The van der Waals surface area contributed by atoms with Crippen LogP contribution in [-0.4, -0.2) is 32.4 Å². The summed E-state index contributed by atoms with van der Waals surface area (Å²) >= 11 is 0. The van der Waals surface area contributed by atoms with E-state index in [0.717, 1.165) is 18.5 Å². The second kappa shape index (κ2) is 6.72. The van der Waals surface area contributed by atoms with E-state index in [4.69, 9.17) is 20.1 Å². The van der Waals surface area contributed by atoms with Crippen molar-refractivity contribution in [1.29, 1.82) is 0 Å². The highest BCUT2D eigenvalue weighted by atomic mass is 16.9. The van der Waals surface area contributed by atoms with Gasteiger partial charge in [-0.25, -0.2) is 4.98 Å². The number of aromatic nitrogens is 2. The first-order valence-electron chi connectivity index (χ1n) is 5.90. The van der Waals surface area contributed by atoms with Gasteiger partial charge in [-0.3, -0.25) is 4.79 Å². The average Bonchev–Trinajstić information content (AvgIpc) is 2.86. The van der Waals surface area contributed by atoms with Crippen molar-refractivity contribution in [2.75, 3.05) is 6.61 Å². The lowest BCUT2D eigenvalue weighted by Gasteiger charge is -2.12. The zero-order chi connectivity index (χ0) is 14.4. The summed E-state index contributed by atoms with van der Waals surface area (Å²) in [7, 11) is 1.97. The van der Waals surface area contributed by atoms with Crippen molar-refractivity contribution in [1.82, 2.24) is 9.55 Å². The molecule has 1 aliphatic rings. The summed E-state index contributed by atoms with van der Waals surface area (Å²) in [6, 6.07) is 0. The number of aryl methyl sites for hydroxylation is 1. The van der Waals surface area contributed by atoms with Crippen LogP contribution in [0, 0.1) is 22.0 Å². The molecule has 106 valence electrons. The number of hydrogen-bond acceptors (Lipinski definition) is 5. The lowest BCUT2D eigenvalue weighted by molar-refractivity contribution is -0.742. The quantitative estimate of drug-likeness (QED) is 0.495. The van der Waals surface area contributed by atoms with Gasteiger partial charge in [-0.2, -0.15) is 0 Å². The lowest BCUT2D eigenvalue weighted by atomic mass is 9.89. The Morgan fingerprint density at radius 1 is 1.68 bits per heavy atom. The van der Waals surface area contributed by atoms with Crippen molar-refractivity contribution >= 4 is 5.97 Å². The van der Waals surface area contributed by atoms with Crippen molar-refractivity contribution in [3.05, 3.63) is 28.3 Å². The first-order valence-corrected chi connectivity index (χ1v) is 5.90. The van der Waals surface area contributed by atoms with Crippen LogP contribution in [0.5, 0.6) is 0 Å². The van der Waals surface area contributed by atoms with Gasteiger partial charge in [0.1, 0.15) is 0 Å². The molecular formula is C11H17N3O5. The van der Waals surface area contributed by atoms with Crippen LogP contribution < -0.4 is 0 Å². The SMILES string of the molecule is CC[C@@H]1C(=O)OCC1Cc1cncn1C.O=[N+]([O-])O. The molecule has 2 rings (SSSR count). The van der Waals surface area contributed by atoms with Gasteiger partial charge in [0.2, 0.25) is 0 Å². The molecule has 0 radical (unpaired) electrons. The summed E-state index contributed by atoms with van der Waals surface area (Å²) in [5, 5.41) is 13.6. The number of cyclic esters (lactones) is 1. The largest absolute Gasteiger partial charge is 0.465 e. The lowest BCUT2D eigenvalue weighted by Crippen LogP contribution is -2.18. The average molecular weight is 271 g/mol. The molecule has 0 saturated carbocycles. The van der Waals surface area contributed by atoms with Gasteiger partial charge >= 0.3 is 5.97 Å². The molecule has 1 aromatic rings. The zero-order valence-electron chi connectivity index (χ0n) is 10.9. The maximum Gasteiger partial charge on any atom is 0.309 e. The summed E-state index contributed by atoms with van der Waals surface area (Å²) in [4.78, 5) is 23.8. The molecule has 19 heavy (non-hydrogen) atoms. The number of esters is 1. The Morgan fingerprint density at radius 3 is 2.79 bits per heavy atom.